The Bertz CT molecular complexity index is 1800. The lowest BCUT2D eigenvalue weighted by Gasteiger charge is -2.33. The second-order valence-corrected chi connectivity index (χ2v) is 15.6. The van der Waals surface area contributed by atoms with E-state index in [2.05, 4.69) is 60.5 Å². The van der Waals surface area contributed by atoms with Gasteiger partial charge in [0.05, 0.1) is 18.0 Å². The second kappa shape index (κ2) is 15.3. The topological polar surface area (TPSA) is 122 Å². The zero-order valence-corrected chi connectivity index (χ0v) is 30.5. The number of amides is 1. The number of carbonyl (C=O) groups excluding carboxylic acids is 1. The number of aromatic amines is 1. The van der Waals surface area contributed by atoms with Crippen LogP contribution in [0.3, 0.4) is 0 Å². The number of hydrogen-bond donors (Lipinski definition) is 2. The first-order valence-electron chi connectivity index (χ1n) is 17.4. The lowest BCUT2D eigenvalue weighted by Crippen LogP contribution is -2.41. The number of H-pyrrole nitrogens is 1. The first-order valence-corrected chi connectivity index (χ1v) is 18.3. The summed E-state index contributed by atoms with van der Waals surface area (Å²) in [4.78, 5) is 27.7. The SMILES string of the molecule is CC(C)(C)OC(=O)N(CCCN(C[C@H]1C[C@@H](n2cc(-c3cccs3)c3cncnc32)C[C@@H]1OC(C)(C)O)c1cn[nH]c1)CCc1ccccc1. The van der Waals surface area contributed by atoms with Gasteiger partial charge in [0.15, 0.2) is 5.79 Å². The first-order chi connectivity index (χ1) is 23.9. The molecule has 1 aromatic carbocycles. The molecule has 1 aliphatic carbocycles. The van der Waals surface area contributed by atoms with Crippen molar-refractivity contribution in [1.29, 1.82) is 0 Å². The van der Waals surface area contributed by atoms with Crippen LogP contribution in [0.2, 0.25) is 0 Å². The number of nitrogens with one attached hydrogen (secondary N) is 1. The molecule has 50 heavy (non-hydrogen) atoms. The molecule has 4 aromatic heterocycles. The molecule has 1 saturated carbocycles. The Kier molecular flexibility index (Phi) is 10.9. The van der Waals surface area contributed by atoms with Crippen molar-refractivity contribution in [3.8, 4) is 10.4 Å². The standard InChI is InChI=1S/C38H49N7O4S/c1-37(2,3)49-36(46)43(17-14-27-11-7-6-8-12-27)15-10-16-44(30-21-41-42-22-30)24-28-19-29(20-33(28)48-38(4,5)47)45-25-32(34-13-9-18-50-34)31-23-39-26-40-35(31)45/h6-9,11-13,18,21-23,25-26,28-29,33,47H,10,14-17,19-20,24H2,1-5H3,(H,41,42)/t28-,29-,33+/m1/s1. The monoisotopic (exact) mass is 699 g/mol. The molecule has 1 amide bonds. The van der Waals surface area contributed by atoms with E-state index < -0.39 is 11.4 Å². The van der Waals surface area contributed by atoms with Crippen molar-refractivity contribution in [2.24, 2.45) is 5.92 Å². The molecule has 4 heterocycles. The quantitative estimate of drug-likeness (QED) is 0.116. The van der Waals surface area contributed by atoms with Crippen LogP contribution in [0.25, 0.3) is 21.5 Å². The Morgan fingerprint density at radius 3 is 2.58 bits per heavy atom. The van der Waals surface area contributed by atoms with Crippen molar-refractivity contribution < 1.29 is 19.4 Å². The van der Waals surface area contributed by atoms with Crippen LogP contribution in [0.15, 0.2) is 79.0 Å². The number of aromatic nitrogens is 5. The predicted octanol–water partition coefficient (Wildman–Crippen LogP) is 7.32. The maximum Gasteiger partial charge on any atom is 0.410 e. The first kappa shape index (κ1) is 35.6. The molecule has 0 unspecified atom stereocenters. The molecule has 0 radical (unpaired) electrons. The molecular formula is C38H49N7O4S. The van der Waals surface area contributed by atoms with E-state index in [-0.39, 0.29) is 24.2 Å². The number of carbonyl (C=O) groups is 1. The van der Waals surface area contributed by atoms with E-state index in [0.29, 0.717) is 26.2 Å². The molecule has 266 valence electrons. The summed E-state index contributed by atoms with van der Waals surface area (Å²) in [5, 5.41) is 21.2. The van der Waals surface area contributed by atoms with Crippen molar-refractivity contribution in [2.45, 2.75) is 83.8 Å². The number of thiophene rings is 1. The number of hydrogen-bond acceptors (Lipinski definition) is 9. The number of rotatable bonds is 14. The molecule has 5 aromatic rings. The van der Waals surface area contributed by atoms with Crippen LogP contribution >= 0.6 is 11.3 Å². The van der Waals surface area contributed by atoms with Crippen LogP contribution < -0.4 is 4.90 Å². The van der Waals surface area contributed by atoms with Gasteiger partial charge >= 0.3 is 6.09 Å². The van der Waals surface area contributed by atoms with Gasteiger partial charge in [-0.25, -0.2) is 14.8 Å². The Labute approximate surface area is 298 Å². The zero-order valence-electron chi connectivity index (χ0n) is 29.7. The molecule has 0 bridgehead atoms. The van der Waals surface area contributed by atoms with Crippen LogP contribution in [-0.4, -0.2) is 84.5 Å². The van der Waals surface area contributed by atoms with Gasteiger partial charge in [0, 0.05) is 72.6 Å². The van der Waals surface area contributed by atoms with Crippen molar-refractivity contribution in [3.63, 3.8) is 0 Å². The Morgan fingerprint density at radius 2 is 1.88 bits per heavy atom. The van der Waals surface area contributed by atoms with Crippen LogP contribution in [0, 0.1) is 5.92 Å². The van der Waals surface area contributed by atoms with Crippen LogP contribution in [0.5, 0.6) is 0 Å². The van der Waals surface area contributed by atoms with Crippen molar-refractivity contribution in [3.05, 3.63) is 84.5 Å². The summed E-state index contributed by atoms with van der Waals surface area (Å²) in [6, 6.07) is 14.5. The Balaban J connectivity index is 1.20. The molecule has 12 heteroatoms. The summed E-state index contributed by atoms with van der Waals surface area (Å²) in [7, 11) is 0. The molecule has 6 rings (SSSR count). The summed E-state index contributed by atoms with van der Waals surface area (Å²) in [6.45, 7) is 11.6. The minimum absolute atomic E-state index is 0.103. The summed E-state index contributed by atoms with van der Waals surface area (Å²) in [6.07, 6.45) is 12.0. The minimum atomic E-state index is -1.28. The lowest BCUT2D eigenvalue weighted by molar-refractivity contribution is -0.212. The van der Waals surface area contributed by atoms with Crippen molar-refractivity contribution in [2.75, 3.05) is 31.1 Å². The Morgan fingerprint density at radius 1 is 1.06 bits per heavy atom. The predicted molar refractivity (Wildman–Crippen MR) is 197 cm³/mol. The molecule has 0 spiro atoms. The number of fused-ring (bicyclic) bond motifs is 1. The van der Waals surface area contributed by atoms with Gasteiger partial charge in [0.1, 0.15) is 17.6 Å². The molecule has 2 N–H and O–H groups in total. The van der Waals surface area contributed by atoms with Crippen molar-refractivity contribution in [1.82, 2.24) is 29.6 Å². The largest absolute Gasteiger partial charge is 0.444 e. The maximum absolute atomic E-state index is 13.3. The number of benzene rings is 1. The summed E-state index contributed by atoms with van der Waals surface area (Å²) >= 11 is 1.70. The minimum Gasteiger partial charge on any atom is -0.444 e. The normalized spacial score (nSPS) is 18.1. The van der Waals surface area contributed by atoms with Gasteiger partial charge in [0.25, 0.3) is 0 Å². The Hall–Kier alpha value is -4.26. The van der Waals surface area contributed by atoms with Gasteiger partial charge in [-0.2, -0.15) is 5.10 Å². The van der Waals surface area contributed by atoms with E-state index in [9.17, 15) is 9.90 Å². The van der Waals surface area contributed by atoms with Gasteiger partial charge in [-0.1, -0.05) is 36.4 Å². The molecule has 0 saturated heterocycles. The van der Waals surface area contributed by atoms with Crippen molar-refractivity contribution >= 4 is 34.2 Å². The van der Waals surface area contributed by atoms with Gasteiger partial charge in [-0.15, -0.1) is 11.3 Å². The highest BCUT2D eigenvalue weighted by Crippen LogP contribution is 2.43. The molecule has 1 aliphatic rings. The average Bonchev–Trinajstić information content (AvgIpc) is 3.88. The van der Waals surface area contributed by atoms with E-state index >= 15 is 0 Å². The summed E-state index contributed by atoms with van der Waals surface area (Å²) in [5.74, 6) is -1.18. The third-order valence-electron chi connectivity index (χ3n) is 9.04. The van der Waals surface area contributed by atoms with E-state index in [1.807, 2.05) is 62.5 Å². The van der Waals surface area contributed by atoms with E-state index in [4.69, 9.17) is 14.5 Å². The zero-order chi connectivity index (χ0) is 35.3. The number of anilines is 1. The summed E-state index contributed by atoms with van der Waals surface area (Å²) in [5.41, 5.74) is 3.60. The van der Waals surface area contributed by atoms with E-state index in [0.717, 1.165) is 48.0 Å². The number of aliphatic hydroxyl groups is 1. The van der Waals surface area contributed by atoms with Crippen LogP contribution in [0.1, 0.15) is 65.5 Å². The fraction of sp³-hybridized carbons (Fsp3) is 0.474. The number of nitrogens with zero attached hydrogens (tertiary/aromatic N) is 6. The van der Waals surface area contributed by atoms with E-state index in [1.54, 1.807) is 31.5 Å². The van der Waals surface area contributed by atoms with Gasteiger partial charge in [-0.3, -0.25) is 5.10 Å². The van der Waals surface area contributed by atoms with E-state index in [1.165, 1.54) is 10.4 Å². The molecule has 0 aliphatic heterocycles. The molecule has 11 nitrogen and oxygen atoms in total. The van der Waals surface area contributed by atoms with Gasteiger partial charge in [0.2, 0.25) is 0 Å². The third kappa shape index (κ3) is 9.09. The smallest absolute Gasteiger partial charge is 0.410 e. The molecular weight excluding hydrogens is 651 g/mol. The van der Waals surface area contributed by atoms with Gasteiger partial charge < -0.3 is 28.9 Å². The molecule has 1 fully saturated rings. The second-order valence-electron chi connectivity index (χ2n) is 14.6. The highest BCUT2D eigenvalue weighted by molar-refractivity contribution is 7.13. The third-order valence-corrected chi connectivity index (χ3v) is 9.95. The molecule has 3 atom stereocenters. The maximum atomic E-state index is 13.3. The fourth-order valence-electron chi connectivity index (χ4n) is 6.90. The highest BCUT2D eigenvalue weighted by Gasteiger charge is 2.40. The fourth-order valence-corrected chi connectivity index (χ4v) is 7.65. The summed E-state index contributed by atoms with van der Waals surface area (Å²) < 4.78 is 14.4. The van der Waals surface area contributed by atoms with Gasteiger partial charge in [-0.05, 0) is 77.3 Å². The lowest BCUT2D eigenvalue weighted by atomic mass is 10.0. The average molecular weight is 700 g/mol. The van der Waals surface area contributed by atoms with Crippen LogP contribution in [0.4, 0.5) is 10.5 Å². The number of ether oxygens (including phenoxy) is 2. The highest BCUT2D eigenvalue weighted by atomic mass is 32.1. The van der Waals surface area contributed by atoms with Crippen LogP contribution in [-0.2, 0) is 15.9 Å².